The molecular weight excluding hydrogens is 126 g/mol. The van der Waals surface area contributed by atoms with Crippen molar-refractivity contribution >= 4 is 0 Å². The average Bonchev–Trinajstić information content (AvgIpc) is 2.13. The highest BCUT2D eigenvalue weighted by molar-refractivity contribution is 4.80. The molecule has 2 atom stereocenters. The van der Waals surface area contributed by atoms with Gasteiger partial charge in [-0.05, 0) is 12.3 Å². The highest BCUT2D eigenvalue weighted by Crippen LogP contribution is 2.20. The van der Waals surface area contributed by atoms with Gasteiger partial charge >= 0.3 is 0 Å². The van der Waals surface area contributed by atoms with E-state index in [1.165, 1.54) is 0 Å². The van der Waals surface area contributed by atoms with E-state index in [2.05, 4.69) is 13.5 Å². The summed E-state index contributed by atoms with van der Waals surface area (Å²) in [6, 6.07) is 0. The van der Waals surface area contributed by atoms with Crippen molar-refractivity contribution in [2.45, 2.75) is 19.4 Å². The lowest BCUT2D eigenvalue weighted by atomic mass is 10.0. The first-order valence-electron chi connectivity index (χ1n) is 3.73. The van der Waals surface area contributed by atoms with E-state index in [9.17, 15) is 0 Å². The second-order valence-electron chi connectivity index (χ2n) is 2.96. The molecule has 0 saturated carbocycles. The van der Waals surface area contributed by atoms with Crippen LogP contribution in [0.4, 0.5) is 0 Å². The highest BCUT2D eigenvalue weighted by Gasteiger charge is 2.26. The van der Waals surface area contributed by atoms with Crippen molar-refractivity contribution < 1.29 is 4.84 Å². The van der Waals surface area contributed by atoms with Crippen LogP contribution in [0.2, 0.25) is 0 Å². The summed E-state index contributed by atoms with van der Waals surface area (Å²) < 4.78 is 0. The van der Waals surface area contributed by atoms with Gasteiger partial charge < -0.3 is 0 Å². The van der Waals surface area contributed by atoms with Crippen LogP contribution in [-0.2, 0) is 4.84 Å². The Balaban J connectivity index is 2.38. The van der Waals surface area contributed by atoms with Crippen molar-refractivity contribution in [3.05, 3.63) is 12.7 Å². The number of hydrogen-bond donors (Lipinski definition) is 0. The molecule has 0 bridgehead atoms. The van der Waals surface area contributed by atoms with Gasteiger partial charge in [-0.1, -0.05) is 13.0 Å². The summed E-state index contributed by atoms with van der Waals surface area (Å²) in [4.78, 5) is 5.48. The zero-order valence-electron chi connectivity index (χ0n) is 6.71. The summed E-state index contributed by atoms with van der Waals surface area (Å²) in [5.74, 6) is 0.642. The molecule has 0 aliphatic carbocycles. The fourth-order valence-electron chi connectivity index (χ4n) is 1.34. The monoisotopic (exact) mass is 141 g/mol. The summed E-state index contributed by atoms with van der Waals surface area (Å²) >= 11 is 0. The van der Waals surface area contributed by atoms with Crippen molar-refractivity contribution in [3.63, 3.8) is 0 Å². The van der Waals surface area contributed by atoms with Crippen LogP contribution in [0, 0.1) is 5.92 Å². The minimum Gasteiger partial charge on any atom is -0.295 e. The number of rotatable bonds is 2. The van der Waals surface area contributed by atoms with Crippen LogP contribution in [0.5, 0.6) is 0 Å². The Bertz CT molecular complexity index is 124. The molecule has 0 aromatic heterocycles. The van der Waals surface area contributed by atoms with Gasteiger partial charge in [0.1, 0.15) is 0 Å². The number of hydrogen-bond acceptors (Lipinski definition) is 2. The Labute approximate surface area is 62.4 Å². The Hall–Kier alpha value is -0.340. The van der Waals surface area contributed by atoms with Gasteiger partial charge in [-0.3, -0.25) is 4.84 Å². The van der Waals surface area contributed by atoms with Crippen LogP contribution in [0.15, 0.2) is 12.7 Å². The quantitative estimate of drug-likeness (QED) is 0.539. The van der Waals surface area contributed by atoms with Gasteiger partial charge in [-0.15, -0.1) is 6.58 Å². The lowest BCUT2D eigenvalue weighted by Crippen LogP contribution is -2.13. The minimum absolute atomic E-state index is 0.363. The van der Waals surface area contributed by atoms with Gasteiger partial charge in [-0.25, -0.2) is 0 Å². The molecule has 0 amide bonds. The Morgan fingerprint density at radius 2 is 2.50 bits per heavy atom. The standard InChI is InChI=1S/C8H15NO/c1-4-5-8-7(2)6-9(3)10-8/h4,7-8H,1,5-6H2,2-3H3/t7-,8-/m0/s1. The predicted molar refractivity (Wildman–Crippen MR) is 41.5 cm³/mol. The molecule has 0 unspecified atom stereocenters. The first-order chi connectivity index (χ1) is 4.74. The molecule has 0 N–H and O–H groups in total. The molecule has 2 heteroatoms. The zero-order valence-corrected chi connectivity index (χ0v) is 6.71. The molecule has 1 fully saturated rings. The average molecular weight is 141 g/mol. The van der Waals surface area contributed by atoms with Crippen molar-refractivity contribution in [1.82, 2.24) is 5.06 Å². The van der Waals surface area contributed by atoms with Crippen LogP contribution >= 0.6 is 0 Å². The van der Waals surface area contributed by atoms with Crippen LogP contribution in [-0.4, -0.2) is 24.8 Å². The van der Waals surface area contributed by atoms with E-state index < -0.39 is 0 Å². The van der Waals surface area contributed by atoms with Gasteiger partial charge in [0.2, 0.25) is 0 Å². The number of nitrogens with zero attached hydrogens (tertiary/aromatic N) is 1. The maximum Gasteiger partial charge on any atom is 0.0865 e. The van der Waals surface area contributed by atoms with Gasteiger partial charge in [-0.2, -0.15) is 5.06 Å². The maximum absolute atomic E-state index is 5.48. The molecule has 0 spiro atoms. The van der Waals surface area contributed by atoms with Crippen molar-refractivity contribution in [2.24, 2.45) is 5.92 Å². The first-order valence-corrected chi connectivity index (χ1v) is 3.73. The molecule has 1 aliphatic rings. The van der Waals surface area contributed by atoms with E-state index in [0.717, 1.165) is 13.0 Å². The molecule has 10 heavy (non-hydrogen) atoms. The molecule has 0 aromatic carbocycles. The second-order valence-corrected chi connectivity index (χ2v) is 2.96. The third-order valence-corrected chi connectivity index (χ3v) is 1.89. The van der Waals surface area contributed by atoms with Gasteiger partial charge in [0.15, 0.2) is 0 Å². The molecular formula is C8H15NO. The molecule has 1 aliphatic heterocycles. The van der Waals surface area contributed by atoms with Crippen molar-refractivity contribution in [3.8, 4) is 0 Å². The van der Waals surface area contributed by atoms with Gasteiger partial charge in [0, 0.05) is 13.6 Å². The Morgan fingerprint density at radius 1 is 1.80 bits per heavy atom. The van der Waals surface area contributed by atoms with Gasteiger partial charge in [0.05, 0.1) is 6.10 Å². The summed E-state index contributed by atoms with van der Waals surface area (Å²) in [6.45, 7) is 6.93. The molecule has 1 rings (SSSR count). The third kappa shape index (κ3) is 1.58. The van der Waals surface area contributed by atoms with E-state index >= 15 is 0 Å². The van der Waals surface area contributed by atoms with Crippen LogP contribution in [0.3, 0.4) is 0 Å². The highest BCUT2D eigenvalue weighted by atomic mass is 16.7. The third-order valence-electron chi connectivity index (χ3n) is 1.89. The SMILES string of the molecule is C=CC[C@@H]1ON(C)C[C@@H]1C. The van der Waals surface area contributed by atoms with Crippen LogP contribution < -0.4 is 0 Å². The van der Waals surface area contributed by atoms with Crippen LogP contribution in [0.25, 0.3) is 0 Å². The molecule has 1 heterocycles. The molecule has 1 saturated heterocycles. The first kappa shape index (κ1) is 7.76. The fourth-order valence-corrected chi connectivity index (χ4v) is 1.34. The van der Waals surface area contributed by atoms with Crippen LogP contribution in [0.1, 0.15) is 13.3 Å². The molecule has 2 nitrogen and oxygen atoms in total. The van der Waals surface area contributed by atoms with E-state index in [1.807, 2.05) is 18.2 Å². The van der Waals surface area contributed by atoms with E-state index in [0.29, 0.717) is 12.0 Å². The second kappa shape index (κ2) is 3.17. The lowest BCUT2D eigenvalue weighted by molar-refractivity contribution is -0.126. The zero-order chi connectivity index (χ0) is 7.56. The van der Waals surface area contributed by atoms with E-state index in [-0.39, 0.29) is 0 Å². The molecule has 58 valence electrons. The Morgan fingerprint density at radius 3 is 2.90 bits per heavy atom. The normalized spacial score (nSPS) is 34.6. The van der Waals surface area contributed by atoms with Crippen molar-refractivity contribution in [2.75, 3.05) is 13.6 Å². The topological polar surface area (TPSA) is 12.5 Å². The lowest BCUT2D eigenvalue weighted by Gasteiger charge is -2.10. The largest absolute Gasteiger partial charge is 0.295 e. The number of hydroxylamine groups is 2. The fraction of sp³-hybridized carbons (Fsp3) is 0.750. The minimum atomic E-state index is 0.363. The summed E-state index contributed by atoms with van der Waals surface area (Å²) in [5, 5.41) is 1.90. The predicted octanol–water partition coefficient (Wildman–Crippen LogP) is 1.44. The summed E-state index contributed by atoms with van der Waals surface area (Å²) in [6.07, 6.45) is 3.24. The summed E-state index contributed by atoms with van der Waals surface area (Å²) in [7, 11) is 1.97. The van der Waals surface area contributed by atoms with E-state index in [1.54, 1.807) is 0 Å². The molecule has 0 radical (unpaired) electrons. The van der Waals surface area contributed by atoms with E-state index in [4.69, 9.17) is 4.84 Å². The smallest absolute Gasteiger partial charge is 0.0865 e. The molecule has 0 aromatic rings. The van der Waals surface area contributed by atoms with Gasteiger partial charge in [0.25, 0.3) is 0 Å². The van der Waals surface area contributed by atoms with Crippen molar-refractivity contribution in [1.29, 1.82) is 0 Å². The Kier molecular flexibility index (Phi) is 2.46. The summed E-state index contributed by atoms with van der Waals surface area (Å²) in [5.41, 5.74) is 0. The maximum atomic E-state index is 5.48.